The average molecular weight is 267 g/mol. The van der Waals surface area contributed by atoms with Gasteiger partial charge in [0, 0.05) is 32.2 Å². The van der Waals surface area contributed by atoms with Crippen molar-refractivity contribution in [3.05, 3.63) is 5.82 Å². The van der Waals surface area contributed by atoms with Crippen molar-refractivity contribution in [3.8, 4) is 0 Å². The molecule has 108 valence electrons. The highest BCUT2D eigenvalue weighted by molar-refractivity contribution is 5.29. The van der Waals surface area contributed by atoms with Gasteiger partial charge in [0.2, 0.25) is 5.95 Å². The van der Waals surface area contributed by atoms with E-state index in [1.807, 2.05) is 7.05 Å². The predicted molar refractivity (Wildman–Crippen MR) is 75.5 cm³/mol. The molecule has 6 heteroatoms. The van der Waals surface area contributed by atoms with Crippen LogP contribution in [0.2, 0.25) is 0 Å². The lowest BCUT2D eigenvalue weighted by atomic mass is 10.1. The topological polar surface area (TPSA) is 66.1 Å². The monoisotopic (exact) mass is 267 g/mol. The zero-order valence-electron chi connectivity index (χ0n) is 12.0. The van der Waals surface area contributed by atoms with E-state index in [1.165, 1.54) is 0 Å². The first-order chi connectivity index (χ1) is 9.33. The average Bonchev–Trinajstić information content (AvgIpc) is 2.92. The van der Waals surface area contributed by atoms with Crippen molar-refractivity contribution in [2.75, 3.05) is 38.3 Å². The van der Waals surface area contributed by atoms with Crippen molar-refractivity contribution in [1.82, 2.24) is 20.5 Å². The van der Waals surface area contributed by atoms with Crippen LogP contribution in [0, 0.1) is 0 Å². The Labute approximate surface area is 114 Å². The molecule has 0 atom stereocenters. The zero-order chi connectivity index (χ0) is 13.5. The molecule has 0 aromatic carbocycles. The minimum Gasteiger partial charge on any atom is -0.381 e. The molecule has 19 heavy (non-hydrogen) atoms. The number of nitrogens with one attached hydrogen (secondary N) is 2. The maximum absolute atomic E-state index is 5.46. The molecule has 0 unspecified atom stereocenters. The molecule has 6 nitrogen and oxygen atoms in total. The maximum Gasteiger partial charge on any atom is 0.244 e. The number of H-pyrrole nitrogens is 1. The highest BCUT2D eigenvalue weighted by atomic mass is 16.5. The molecule has 2 rings (SSSR count). The molecule has 0 bridgehead atoms. The van der Waals surface area contributed by atoms with Gasteiger partial charge in [-0.15, -0.1) is 5.10 Å². The van der Waals surface area contributed by atoms with Gasteiger partial charge in [-0.1, -0.05) is 6.92 Å². The second-order valence-corrected chi connectivity index (χ2v) is 4.99. The molecule has 0 aliphatic carbocycles. The summed E-state index contributed by atoms with van der Waals surface area (Å²) in [6, 6.07) is 0.636. The van der Waals surface area contributed by atoms with E-state index in [1.54, 1.807) is 0 Å². The van der Waals surface area contributed by atoms with Gasteiger partial charge in [0.1, 0.15) is 5.82 Å². The molecular formula is C13H25N5O. The molecule has 1 aliphatic heterocycles. The van der Waals surface area contributed by atoms with Crippen LogP contribution in [-0.2, 0) is 11.2 Å². The van der Waals surface area contributed by atoms with E-state index in [4.69, 9.17) is 4.74 Å². The lowest BCUT2D eigenvalue weighted by Gasteiger charge is -2.30. The van der Waals surface area contributed by atoms with E-state index in [-0.39, 0.29) is 0 Å². The molecule has 1 fully saturated rings. The van der Waals surface area contributed by atoms with E-state index >= 15 is 0 Å². The van der Waals surface area contributed by atoms with Crippen LogP contribution >= 0.6 is 0 Å². The van der Waals surface area contributed by atoms with Gasteiger partial charge in [-0.2, -0.15) is 4.98 Å². The smallest absolute Gasteiger partial charge is 0.244 e. The number of aromatic amines is 1. The van der Waals surface area contributed by atoms with Crippen LogP contribution in [0.5, 0.6) is 0 Å². The van der Waals surface area contributed by atoms with Crippen molar-refractivity contribution in [1.29, 1.82) is 0 Å². The van der Waals surface area contributed by atoms with E-state index in [2.05, 4.69) is 32.3 Å². The maximum atomic E-state index is 5.46. The Morgan fingerprint density at radius 2 is 2.16 bits per heavy atom. The van der Waals surface area contributed by atoms with Crippen LogP contribution in [0.25, 0.3) is 0 Å². The summed E-state index contributed by atoms with van der Waals surface area (Å²) in [7, 11) is 2.03. The second kappa shape index (κ2) is 7.45. The minimum absolute atomic E-state index is 0.636. The van der Waals surface area contributed by atoms with Gasteiger partial charge in [0.15, 0.2) is 0 Å². The Bertz CT molecular complexity index is 360. The van der Waals surface area contributed by atoms with Gasteiger partial charge in [0.25, 0.3) is 0 Å². The number of aromatic nitrogens is 3. The third kappa shape index (κ3) is 4.18. The standard InChI is InChI=1S/C13H25N5O/c1-3-9-19-10-6-12-15-13(17-16-12)18-7-4-11(14-2)5-8-18/h11,14H,3-10H2,1-2H3,(H,15,16,17). The van der Waals surface area contributed by atoms with E-state index in [9.17, 15) is 0 Å². The van der Waals surface area contributed by atoms with Crippen molar-refractivity contribution in [3.63, 3.8) is 0 Å². The summed E-state index contributed by atoms with van der Waals surface area (Å²) in [5, 5.41) is 10.6. The first kappa shape index (κ1) is 14.3. The van der Waals surface area contributed by atoms with Gasteiger partial charge < -0.3 is 15.0 Å². The van der Waals surface area contributed by atoms with E-state index < -0.39 is 0 Å². The Morgan fingerprint density at radius 3 is 2.84 bits per heavy atom. The summed E-state index contributed by atoms with van der Waals surface area (Å²) in [5.41, 5.74) is 0. The van der Waals surface area contributed by atoms with E-state index in [0.29, 0.717) is 12.6 Å². The summed E-state index contributed by atoms with van der Waals surface area (Å²) in [6.45, 7) is 5.69. The van der Waals surface area contributed by atoms with Crippen LogP contribution in [-0.4, -0.2) is 54.6 Å². The number of ether oxygens (including phenoxy) is 1. The Hall–Kier alpha value is -1.14. The molecule has 1 saturated heterocycles. The van der Waals surface area contributed by atoms with Gasteiger partial charge in [-0.05, 0) is 26.3 Å². The van der Waals surface area contributed by atoms with Crippen LogP contribution in [0.3, 0.4) is 0 Å². The van der Waals surface area contributed by atoms with Gasteiger partial charge in [-0.25, -0.2) is 0 Å². The normalized spacial score (nSPS) is 17.1. The van der Waals surface area contributed by atoms with Crippen LogP contribution in [0.4, 0.5) is 5.95 Å². The third-order valence-electron chi connectivity index (χ3n) is 3.54. The molecule has 2 N–H and O–H groups in total. The molecule has 0 spiro atoms. The first-order valence-electron chi connectivity index (χ1n) is 7.24. The Kier molecular flexibility index (Phi) is 5.60. The number of nitrogens with zero attached hydrogens (tertiary/aromatic N) is 3. The van der Waals surface area contributed by atoms with Crippen molar-refractivity contribution in [2.45, 2.75) is 38.6 Å². The van der Waals surface area contributed by atoms with E-state index in [0.717, 1.165) is 57.2 Å². The highest BCUT2D eigenvalue weighted by Gasteiger charge is 2.20. The summed E-state index contributed by atoms with van der Waals surface area (Å²) in [5.74, 6) is 1.75. The number of rotatable bonds is 7. The fourth-order valence-corrected chi connectivity index (χ4v) is 2.32. The zero-order valence-corrected chi connectivity index (χ0v) is 12.0. The summed E-state index contributed by atoms with van der Waals surface area (Å²) < 4.78 is 5.46. The fraction of sp³-hybridized carbons (Fsp3) is 0.846. The molecular weight excluding hydrogens is 242 g/mol. The third-order valence-corrected chi connectivity index (χ3v) is 3.54. The SMILES string of the molecule is CCCOCCc1nc(N2CCC(NC)CC2)n[nH]1. The summed E-state index contributed by atoms with van der Waals surface area (Å²) >= 11 is 0. The highest BCUT2D eigenvalue weighted by Crippen LogP contribution is 2.15. The lowest BCUT2D eigenvalue weighted by Crippen LogP contribution is -2.41. The number of anilines is 1. The van der Waals surface area contributed by atoms with Gasteiger partial charge in [0.05, 0.1) is 6.61 Å². The Morgan fingerprint density at radius 1 is 1.37 bits per heavy atom. The first-order valence-corrected chi connectivity index (χ1v) is 7.24. The molecule has 1 aromatic rings. The second-order valence-electron chi connectivity index (χ2n) is 4.99. The molecule has 0 saturated carbocycles. The van der Waals surface area contributed by atoms with Gasteiger partial charge in [-0.3, -0.25) is 5.10 Å². The largest absolute Gasteiger partial charge is 0.381 e. The lowest BCUT2D eigenvalue weighted by molar-refractivity contribution is 0.136. The van der Waals surface area contributed by atoms with Crippen molar-refractivity contribution < 1.29 is 4.74 Å². The molecule has 2 heterocycles. The number of hydrogen-bond acceptors (Lipinski definition) is 5. The quantitative estimate of drug-likeness (QED) is 0.720. The molecule has 1 aromatic heterocycles. The minimum atomic E-state index is 0.636. The summed E-state index contributed by atoms with van der Waals surface area (Å²) in [4.78, 5) is 6.79. The van der Waals surface area contributed by atoms with Crippen molar-refractivity contribution >= 4 is 5.95 Å². The van der Waals surface area contributed by atoms with Crippen LogP contribution in [0.1, 0.15) is 32.0 Å². The molecule has 0 radical (unpaired) electrons. The molecule has 0 amide bonds. The summed E-state index contributed by atoms with van der Waals surface area (Å²) in [6.07, 6.45) is 4.17. The fourth-order valence-electron chi connectivity index (χ4n) is 2.32. The number of hydrogen-bond donors (Lipinski definition) is 2. The predicted octanol–water partition coefficient (Wildman–Crippen LogP) is 0.962. The van der Waals surface area contributed by atoms with Crippen LogP contribution in [0.15, 0.2) is 0 Å². The molecule has 1 aliphatic rings. The van der Waals surface area contributed by atoms with Crippen LogP contribution < -0.4 is 10.2 Å². The van der Waals surface area contributed by atoms with Gasteiger partial charge >= 0.3 is 0 Å². The number of piperidine rings is 1. The van der Waals surface area contributed by atoms with Crippen molar-refractivity contribution in [2.24, 2.45) is 0 Å². The Balaban J connectivity index is 1.77.